The highest BCUT2D eigenvalue weighted by atomic mass is 16.5. The summed E-state index contributed by atoms with van der Waals surface area (Å²) < 4.78 is 5.51. The van der Waals surface area contributed by atoms with E-state index in [4.69, 9.17) is 4.74 Å². The summed E-state index contributed by atoms with van der Waals surface area (Å²) in [5.41, 5.74) is 1.18. The molecule has 1 atom stereocenters. The number of nitrogens with one attached hydrogen (secondary N) is 1. The lowest BCUT2D eigenvalue weighted by atomic mass is 10.0. The summed E-state index contributed by atoms with van der Waals surface area (Å²) in [7, 11) is 1.71. The van der Waals surface area contributed by atoms with E-state index in [1.165, 1.54) is 18.4 Å². The number of carbonyl (C=O) groups is 1. The van der Waals surface area contributed by atoms with Crippen molar-refractivity contribution in [3.63, 3.8) is 0 Å². The van der Waals surface area contributed by atoms with Crippen LogP contribution in [0.4, 0.5) is 0 Å². The Balaban J connectivity index is 1.75. The molecule has 1 saturated carbocycles. The van der Waals surface area contributed by atoms with Gasteiger partial charge in [0.05, 0.1) is 13.2 Å². The van der Waals surface area contributed by atoms with Gasteiger partial charge in [0.1, 0.15) is 5.75 Å². The van der Waals surface area contributed by atoms with Crippen molar-refractivity contribution in [1.82, 2.24) is 10.2 Å². The van der Waals surface area contributed by atoms with Gasteiger partial charge in [-0.2, -0.15) is 0 Å². The van der Waals surface area contributed by atoms with Gasteiger partial charge in [-0.3, -0.25) is 9.69 Å². The van der Waals surface area contributed by atoms with E-state index >= 15 is 0 Å². The molecule has 0 spiro atoms. The second kappa shape index (κ2) is 6.48. The van der Waals surface area contributed by atoms with E-state index in [0.29, 0.717) is 6.54 Å². The average Bonchev–Trinajstić information content (AvgIpc) is 3.24. The summed E-state index contributed by atoms with van der Waals surface area (Å²) in [5, 5.41) is 3.14. The summed E-state index contributed by atoms with van der Waals surface area (Å²) in [5.74, 6) is 1.39. The zero-order valence-corrected chi connectivity index (χ0v) is 12.7. The minimum atomic E-state index is 0.214. The first-order valence-corrected chi connectivity index (χ1v) is 7.94. The van der Waals surface area contributed by atoms with Gasteiger partial charge in [-0.1, -0.05) is 18.2 Å². The molecule has 1 aromatic carbocycles. The molecule has 1 N–H and O–H groups in total. The van der Waals surface area contributed by atoms with Crippen molar-refractivity contribution in [2.75, 3.05) is 26.7 Å². The maximum absolute atomic E-state index is 11.9. The molecule has 0 bridgehead atoms. The van der Waals surface area contributed by atoms with Crippen LogP contribution in [0.5, 0.6) is 5.75 Å². The quantitative estimate of drug-likeness (QED) is 0.873. The molecule has 0 unspecified atom stereocenters. The Morgan fingerprint density at radius 2 is 2.05 bits per heavy atom. The van der Waals surface area contributed by atoms with Gasteiger partial charge in [-0.25, -0.2) is 0 Å². The highest BCUT2D eigenvalue weighted by Crippen LogP contribution is 2.32. The number of carbonyl (C=O) groups excluding carboxylic acids is 1. The second-order valence-electron chi connectivity index (χ2n) is 6.02. The smallest absolute Gasteiger partial charge is 0.223 e. The van der Waals surface area contributed by atoms with E-state index in [1.54, 1.807) is 7.11 Å². The van der Waals surface area contributed by atoms with Crippen molar-refractivity contribution in [1.29, 1.82) is 0 Å². The number of benzene rings is 1. The monoisotopic (exact) mass is 288 g/mol. The lowest BCUT2D eigenvalue weighted by molar-refractivity contribution is -0.122. The molecule has 21 heavy (non-hydrogen) atoms. The topological polar surface area (TPSA) is 41.6 Å². The van der Waals surface area contributed by atoms with E-state index in [2.05, 4.69) is 16.3 Å². The zero-order valence-electron chi connectivity index (χ0n) is 12.7. The SMILES string of the molecule is COc1ccccc1[C@@H](CNC(=O)C1CC1)N1CCCC1. The van der Waals surface area contributed by atoms with Gasteiger partial charge in [0, 0.05) is 18.0 Å². The number of likely N-dealkylation sites (tertiary alicyclic amines) is 1. The fourth-order valence-electron chi connectivity index (χ4n) is 3.12. The van der Waals surface area contributed by atoms with E-state index < -0.39 is 0 Å². The van der Waals surface area contributed by atoms with Gasteiger partial charge in [0.25, 0.3) is 0 Å². The molecule has 1 heterocycles. The molecule has 2 aliphatic rings. The standard InChI is InChI=1S/C17H24N2O2/c1-21-16-7-3-2-6-14(16)15(19-10-4-5-11-19)12-18-17(20)13-8-9-13/h2-3,6-7,13,15H,4-5,8-12H2,1H3,(H,18,20)/t15-/m1/s1. The lowest BCUT2D eigenvalue weighted by Crippen LogP contribution is -2.37. The van der Waals surface area contributed by atoms with Gasteiger partial charge >= 0.3 is 0 Å². The number of ether oxygens (including phenoxy) is 1. The van der Waals surface area contributed by atoms with Gasteiger partial charge < -0.3 is 10.1 Å². The first-order valence-electron chi connectivity index (χ1n) is 7.94. The molecule has 1 aliphatic heterocycles. The molecule has 1 aromatic rings. The maximum Gasteiger partial charge on any atom is 0.223 e. The number of hydrogen-bond acceptors (Lipinski definition) is 3. The number of hydrogen-bond donors (Lipinski definition) is 1. The van der Waals surface area contributed by atoms with Crippen LogP contribution in [0, 0.1) is 5.92 Å². The summed E-state index contributed by atoms with van der Waals surface area (Å²) in [6, 6.07) is 8.37. The van der Waals surface area contributed by atoms with Crippen LogP contribution in [-0.4, -0.2) is 37.6 Å². The molecule has 0 aromatic heterocycles. The fourth-order valence-corrected chi connectivity index (χ4v) is 3.12. The van der Waals surface area contributed by atoms with Crippen LogP contribution in [0.2, 0.25) is 0 Å². The Morgan fingerprint density at radius 3 is 2.71 bits per heavy atom. The molecule has 1 aliphatic carbocycles. The number of nitrogens with zero attached hydrogens (tertiary/aromatic N) is 1. The molecule has 114 valence electrons. The van der Waals surface area contributed by atoms with Crippen molar-refractivity contribution < 1.29 is 9.53 Å². The van der Waals surface area contributed by atoms with Gasteiger partial charge in [-0.05, 0) is 44.8 Å². The van der Waals surface area contributed by atoms with Crippen molar-refractivity contribution >= 4 is 5.91 Å². The van der Waals surface area contributed by atoms with Crippen LogP contribution in [0.1, 0.15) is 37.3 Å². The molecule has 1 amide bonds. The summed E-state index contributed by atoms with van der Waals surface area (Å²) in [6.07, 6.45) is 4.58. The number of methoxy groups -OCH3 is 1. The summed E-state index contributed by atoms with van der Waals surface area (Å²) in [6.45, 7) is 2.87. The Labute approximate surface area is 126 Å². The van der Waals surface area contributed by atoms with E-state index in [0.717, 1.165) is 31.7 Å². The largest absolute Gasteiger partial charge is 0.496 e. The zero-order chi connectivity index (χ0) is 14.7. The third-order valence-corrected chi connectivity index (χ3v) is 4.50. The van der Waals surface area contributed by atoms with Crippen molar-refractivity contribution in [2.24, 2.45) is 5.92 Å². The lowest BCUT2D eigenvalue weighted by Gasteiger charge is -2.29. The van der Waals surface area contributed by atoms with E-state index in [9.17, 15) is 4.79 Å². The second-order valence-corrected chi connectivity index (χ2v) is 6.02. The Morgan fingerprint density at radius 1 is 1.33 bits per heavy atom. The van der Waals surface area contributed by atoms with Crippen molar-refractivity contribution in [3.05, 3.63) is 29.8 Å². The molecular weight excluding hydrogens is 264 g/mol. The summed E-state index contributed by atoms with van der Waals surface area (Å²) >= 11 is 0. The van der Waals surface area contributed by atoms with Crippen LogP contribution >= 0.6 is 0 Å². The van der Waals surface area contributed by atoms with Gasteiger partial charge in [0.2, 0.25) is 5.91 Å². The molecule has 3 rings (SSSR count). The predicted octanol–water partition coefficient (Wildman–Crippen LogP) is 2.36. The Bertz CT molecular complexity index is 493. The van der Waals surface area contributed by atoms with Crippen LogP contribution in [0.25, 0.3) is 0 Å². The van der Waals surface area contributed by atoms with Crippen LogP contribution in [-0.2, 0) is 4.79 Å². The highest BCUT2D eigenvalue weighted by Gasteiger charge is 2.31. The number of rotatable bonds is 6. The predicted molar refractivity (Wildman–Crippen MR) is 82.3 cm³/mol. The van der Waals surface area contributed by atoms with Gasteiger partial charge in [-0.15, -0.1) is 0 Å². The average molecular weight is 288 g/mol. The third kappa shape index (κ3) is 3.38. The molecule has 0 radical (unpaired) electrons. The highest BCUT2D eigenvalue weighted by molar-refractivity contribution is 5.80. The molecule has 2 fully saturated rings. The molecule has 1 saturated heterocycles. The van der Waals surface area contributed by atoms with Crippen LogP contribution in [0.3, 0.4) is 0 Å². The normalized spacial score (nSPS) is 20.2. The molecule has 4 heteroatoms. The Hall–Kier alpha value is -1.55. The number of amides is 1. The fraction of sp³-hybridized carbons (Fsp3) is 0.588. The van der Waals surface area contributed by atoms with E-state index in [1.807, 2.05) is 18.2 Å². The van der Waals surface area contributed by atoms with Crippen molar-refractivity contribution in [2.45, 2.75) is 31.7 Å². The van der Waals surface area contributed by atoms with Crippen LogP contribution < -0.4 is 10.1 Å². The van der Waals surface area contributed by atoms with Gasteiger partial charge in [0.15, 0.2) is 0 Å². The first-order chi connectivity index (χ1) is 10.3. The minimum Gasteiger partial charge on any atom is -0.496 e. The summed E-state index contributed by atoms with van der Waals surface area (Å²) in [4.78, 5) is 14.4. The Kier molecular flexibility index (Phi) is 4.44. The number of para-hydroxylation sites is 1. The van der Waals surface area contributed by atoms with Crippen LogP contribution in [0.15, 0.2) is 24.3 Å². The van der Waals surface area contributed by atoms with Crippen molar-refractivity contribution in [3.8, 4) is 5.75 Å². The molecule has 4 nitrogen and oxygen atoms in total. The third-order valence-electron chi connectivity index (χ3n) is 4.50. The molecular formula is C17H24N2O2. The van der Waals surface area contributed by atoms with E-state index in [-0.39, 0.29) is 17.9 Å². The maximum atomic E-state index is 11.9. The minimum absolute atomic E-state index is 0.214. The first kappa shape index (κ1) is 14.4.